The SMILES string of the molecule is FC(F)(F)Oc1cccc(Cl)c1.O. The molecule has 2 nitrogen and oxygen atoms in total. The first-order valence-corrected chi connectivity index (χ1v) is 3.36. The van der Waals surface area contributed by atoms with Gasteiger partial charge in [-0.3, -0.25) is 0 Å². The summed E-state index contributed by atoms with van der Waals surface area (Å²) in [5, 5.41) is 0.205. The fourth-order valence-corrected chi connectivity index (χ4v) is 0.844. The van der Waals surface area contributed by atoms with Crippen molar-refractivity contribution < 1.29 is 23.4 Å². The summed E-state index contributed by atoms with van der Waals surface area (Å²) in [5.74, 6) is -0.310. The molecule has 6 heteroatoms. The van der Waals surface area contributed by atoms with Gasteiger partial charge in [0.25, 0.3) is 0 Å². The molecule has 0 atom stereocenters. The number of halogens is 4. The second kappa shape index (κ2) is 4.34. The summed E-state index contributed by atoms with van der Waals surface area (Å²) < 4.78 is 38.4. The predicted molar refractivity (Wildman–Crippen MR) is 41.7 cm³/mol. The van der Waals surface area contributed by atoms with E-state index in [4.69, 9.17) is 11.6 Å². The Morgan fingerprint density at radius 3 is 2.31 bits per heavy atom. The van der Waals surface area contributed by atoms with Crippen LogP contribution in [0.2, 0.25) is 5.02 Å². The molecule has 0 spiro atoms. The first-order chi connectivity index (χ1) is 5.47. The molecule has 0 aliphatic carbocycles. The Bertz CT molecular complexity index is 275. The molecule has 0 heterocycles. The van der Waals surface area contributed by atoms with Crippen molar-refractivity contribution in [1.82, 2.24) is 0 Å². The molecule has 0 unspecified atom stereocenters. The average Bonchev–Trinajstić information content (AvgIpc) is 1.82. The van der Waals surface area contributed by atoms with Crippen molar-refractivity contribution in [2.24, 2.45) is 0 Å². The molecule has 13 heavy (non-hydrogen) atoms. The van der Waals surface area contributed by atoms with Crippen LogP contribution in [0, 0.1) is 0 Å². The zero-order valence-corrected chi connectivity index (χ0v) is 6.99. The van der Waals surface area contributed by atoms with Crippen LogP contribution in [-0.4, -0.2) is 11.8 Å². The Balaban J connectivity index is 0.00000144. The third kappa shape index (κ3) is 4.59. The Morgan fingerprint density at radius 1 is 1.23 bits per heavy atom. The lowest BCUT2D eigenvalue weighted by molar-refractivity contribution is -0.274. The summed E-state index contributed by atoms with van der Waals surface area (Å²) in [6.45, 7) is 0. The van der Waals surface area contributed by atoms with Gasteiger partial charge in [-0.25, -0.2) is 0 Å². The topological polar surface area (TPSA) is 40.7 Å². The largest absolute Gasteiger partial charge is 0.573 e. The van der Waals surface area contributed by atoms with Crippen molar-refractivity contribution >= 4 is 11.6 Å². The average molecular weight is 215 g/mol. The quantitative estimate of drug-likeness (QED) is 0.708. The Morgan fingerprint density at radius 2 is 1.85 bits per heavy atom. The zero-order valence-electron chi connectivity index (χ0n) is 6.23. The molecular formula is C7H6ClF3O2. The number of benzene rings is 1. The third-order valence-corrected chi connectivity index (χ3v) is 1.26. The van der Waals surface area contributed by atoms with Crippen molar-refractivity contribution in [3.05, 3.63) is 29.3 Å². The normalized spacial score (nSPS) is 10.5. The fourth-order valence-electron chi connectivity index (χ4n) is 0.664. The molecule has 1 aromatic rings. The van der Waals surface area contributed by atoms with Crippen LogP contribution in [0.1, 0.15) is 0 Å². The van der Waals surface area contributed by atoms with E-state index in [0.717, 1.165) is 6.07 Å². The highest BCUT2D eigenvalue weighted by molar-refractivity contribution is 6.30. The molecule has 0 saturated carbocycles. The van der Waals surface area contributed by atoms with Crippen molar-refractivity contribution in [2.75, 3.05) is 0 Å². The molecule has 0 aliphatic rings. The van der Waals surface area contributed by atoms with E-state index in [1.54, 1.807) is 0 Å². The molecule has 0 radical (unpaired) electrons. The minimum Gasteiger partial charge on any atom is -0.412 e. The van der Waals surface area contributed by atoms with Gasteiger partial charge in [0.2, 0.25) is 0 Å². The van der Waals surface area contributed by atoms with Crippen LogP contribution >= 0.6 is 11.6 Å². The molecule has 0 aromatic heterocycles. The van der Waals surface area contributed by atoms with Gasteiger partial charge in [-0.15, -0.1) is 13.2 Å². The van der Waals surface area contributed by atoms with Gasteiger partial charge in [-0.05, 0) is 18.2 Å². The van der Waals surface area contributed by atoms with Gasteiger partial charge in [0.05, 0.1) is 0 Å². The van der Waals surface area contributed by atoms with Crippen molar-refractivity contribution in [1.29, 1.82) is 0 Å². The number of alkyl halides is 3. The monoisotopic (exact) mass is 214 g/mol. The lowest BCUT2D eigenvalue weighted by Gasteiger charge is -2.07. The van der Waals surface area contributed by atoms with E-state index in [1.807, 2.05) is 0 Å². The number of rotatable bonds is 1. The van der Waals surface area contributed by atoms with E-state index < -0.39 is 6.36 Å². The minimum atomic E-state index is -4.66. The van der Waals surface area contributed by atoms with Gasteiger partial charge >= 0.3 is 6.36 Å². The maximum atomic E-state index is 11.6. The van der Waals surface area contributed by atoms with Gasteiger partial charge < -0.3 is 10.2 Å². The van der Waals surface area contributed by atoms with Gasteiger partial charge in [-0.2, -0.15) is 0 Å². The summed E-state index contributed by atoms with van der Waals surface area (Å²) in [6.07, 6.45) is -4.66. The number of hydrogen-bond acceptors (Lipinski definition) is 1. The highest BCUT2D eigenvalue weighted by Gasteiger charge is 2.30. The maximum absolute atomic E-state index is 11.6. The fraction of sp³-hybridized carbons (Fsp3) is 0.143. The predicted octanol–water partition coefficient (Wildman–Crippen LogP) is 2.41. The Hall–Kier alpha value is -0.940. The third-order valence-electron chi connectivity index (χ3n) is 1.03. The number of ether oxygens (including phenoxy) is 1. The van der Waals surface area contributed by atoms with Crippen LogP contribution in [-0.2, 0) is 0 Å². The van der Waals surface area contributed by atoms with Crippen LogP contribution in [0.4, 0.5) is 13.2 Å². The molecule has 1 rings (SSSR count). The smallest absolute Gasteiger partial charge is 0.412 e. The lowest BCUT2D eigenvalue weighted by Crippen LogP contribution is -2.16. The van der Waals surface area contributed by atoms with Gasteiger partial charge in [0, 0.05) is 5.02 Å². The van der Waals surface area contributed by atoms with Crippen molar-refractivity contribution in [2.45, 2.75) is 6.36 Å². The van der Waals surface area contributed by atoms with Crippen LogP contribution < -0.4 is 4.74 Å². The van der Waals surface area contributed by atoms with E-state index in [2.05, 4.69) is 4.74 Å². The summed E-state index contributed by atoms with van der Waals surface area (Å²) >= 11 is 5.43. The maximum Gasteiger partial charge on any atom is 0.573 e. The van der Waals surface area contributed by atoms with Crippen molar-refractivity contribution in [3.63, 3.8) is 0 Å². The van der Waals surface area contributed by atoms with Gasteiger partial charge in [0.1, 0.15) is 5.75 Å². The summed E-state index contributed by atoms with van der Waals surface area (Å²) in [5.41, 5.74) is 0. The van der Waals surface area contributed by atoms with E-state index in [-0.39, 0.29) is 16.2 Å². The van der Waals surface area contributed by atoms with Crippen molar-refractivity contribution in [3.8, 4) is 5.75 Å². The van der Waals surface area contributed by atoms with Crippen LogP contribution in [0.5, 0.6) is 5.75 Å². The molecule has 0 fully saturated rings. The summed E-state index contributed by atoms with van der Waals surface area (Å²) in [6, 6.07) is 5.11. The summed E-state index contributed by atoms with van der Waals surface area (Å²) in [7, 11) is 0. The second-order valence-corrected chi connectivity index (χ2v) is 2.44. The second-order valence-electron chi connectivity index (χ2n) is 2.01. The van der Waals surface area contributed by atoms with Crippen LogP contribution in [0.15, 0.2) is 24.3 Å². The van der Waals surface area contributed by atoms with E-state index in [0.29, 0.717) is 0 Å². The van der Waals surface area contributed by atoms with Gasteiger partial charge in [-0.1, -0.05) is 17.7 Å². The molecular weight excluding hydrogens is 209 g/mol. The zero-order chi connectivity index (χ0) is 9.19. The molecule has 0 bridgehead atoms. The molecule has 1 aromatic carbocycles. The Labute approximate surface area is 77.2 Å². The van der Waals surface area contributed by atoms with Crippen LogP contribution in [0.25, 0.3) is 0 Å². The van der Waals surface area contributed by atoms with E-state index >= 15 is 0 Å². The molecule has 0 saturated heterocycles. The van der Waals surface area contributed by atoms with Gasteiger partial charge in [0.15, 0.2) is 0 Å². The van der Waals surface area contributed by atoms with E-state index in [9.17, 15) is 13.2 Å². The molecule has 0 amide bonds. The number of hydrogen-bond donors (Lipinski definition) is 0. The highest BCUT2D eigenvalue weighted by Crippen LogP contribution is 2.24. The molecule has 74 valence electrons. The first kappa shape index (κ1) is 12.1. The van der Waals surface area contributed by atoms with E-state index in [1.165, 1.54) is 18.2 Å². The lowest BCUT2D eigenvalue weighted by atomic mass is 10.3. The highest BCUT2D eigenvalue weighted by atomic mass is 35.5. The minimum absolute atomic E-state index is 0. The molecule has 2 N–H and O–H groups in total. The Kier molecular flexibility index (Phi) is 4.03. The standard InChI is InChI=1S/C7H4ClF3O.H2O/c8-5-2-1-3-6(4-5)12-7(9,10)11;/h1-4H;1H2. The summed E-state index contributed by atoms with van der Waals surface area (Å²) in [4.78, 5) is 0. The van der Waals surface area contributed by atoms with Crippen LogP contribution in [0.3, 0.4) is 0 Å². The first-order valence-electron chi connectivity index (χ1n) is 2.99. The molecule has 0 aliphatic heterocycles.